The van der Waals surface area contributed by atoms with Crippen molar-refractivity contribution in [1.29, 1.82) is 0 Å². The zero-order valence-corrected chi connectivity index (χ0v) is 24.2. The number of nitrogens with zero attached hydrogens (tertiary/aromatic N) is 3. The number of hydrogen-bond acceptors (Lipinski definition) is 4. The fourth-order valence-corrected chi connectivity index (χ4v) is 6.23. The molecule has 7 aromatic carbocycles. The van der Waals surface area contributed by atoms with Crippen molar-refractivity contribution in [2.45, 2.75) is 0 Å². The van der Waals surface area contributed by atoms with Crippen molar-refractivity contribution in [1.82, 2.24) is 15.0 Å². The maximum atomic E-state index is 6.25. The van der Waals surface area contributed by atoms with Gasteiger partial charge in [-0.15, -0.1) is 0 Å². The molecule has 4 nitrogen and oxygen atoms in total. The Morgan fingerprint density at radius 2 is 0.889 bits per heavy atom. The normalized spacial score (nSPS) is 11.6. The first-order chi connectivity index (χ1) is 22.3. The minimum absolute atomic E-state index is 0.595. The third-order valence-corrected chi connectivity index (χ3v) is 8.49. The minimum Gasteiger partial charge on any atom is -0.456 e. The monoisotopic (exact) mass is 575 g/mol. The molecular formula is C41H25N3O. The first-order valence-corrected chi connectivity index (χ1v) is 15.0. The van der Waals surface area contributed by atoms with Crippen LogP contribution in [0.25, 0.3) is 88.8 Å². The Kier molecular flexibility index (Phi) is 5.78. The molecule has 0 unspecified atom stereocenters. The van der Waals surface area contributed by atoms with Crippen LogP contribution < -0.4 is 0 Å². The van der Waals surface area contributed by atoms with Gasteiger partial charge in [0.1, 0.15) is 11.2 Å². The number of hydrogen-bond donors (Lipinski definition) is 0. The summed E-state index contributed by atoms with van der Waals surface area (Å²) in [4.78, 5) is 15.4. The van der Waals surface area contributed by atoms with Crippen LogP contribution in [0.15, 0.2) is 156 Å². The molecule has 2 heterocycles. The predicted molar refractivity (Wildman–Crippen MR) is 184 cm³/mol. The smallest absolute Gasteiger partial charge is 0.164 e. The Balaban J connectivity index is 1.31. The van der Waals surface area contributed by atoms with Crippen molar-refractivity contribution in [3.05, 3.63) is 152 Å². The van der Waals surface area contributed by atoms with Crippen molar-refractivity contribution in [2.75, 3.05) is 0 Å². The highest BCUT2D eigenvalue weighted by Crippen LogP contribution is 2.37. The van der Waals surface area contributed by atoms with E-state index < -0.39 is 0 Å². The largest absolute Gasteiger partial charge is 0.456 e. The lowest BCUT2D eigenvalue weighted by Gasteiger charge is -2.14. The molecule has 0 aliphatic carbocycles. The van der Waals surface area contributed by atoms with Gasteiger partial charge >= 0.3 is 0 Å². The summed E-state index contributed by atoms with van der Waals surface area (Å²) in [5.74, 6) is 1.84. The van der Waals surface area contributed by atoms with Gasteiger partial charge in [-0.05, 0) is 69.1 Å². The van der Waals surface area contributed by atoms with Gasteiger partial charge in [0.15, 0.2) is 17.5 Å². The fraction of sp³-hybridized carbons (Fsp3) is 0. The summed E-state index contributed by atoms with van der Waals surface area (Å²) in [6.07, 6.45) is 0. The molecule has 0 aliphatic rings. The molecular weight excluding hydrogens is 550 g/mol. The maximum Gasteiger partial charge on any atom is 0.164 e. The molecule has 45 heavy (non-hydrogen) atoms. The second-order valence-electron chi connectivity index (χ2n) is 11.3. The van der Waals surface area contributed by atoms with Crippen LogP contribution in [-0.4, -0.2) is 15.0 Å². The summed E-state index contributed by atoms with van der Waals surface area (Å²) in [6, 6.07) is 52.3. The van der Waals surface area contributed by atoms with Gasteiger partial charge < -0.3 is 4.42 Å². The summed E-state index contributed by atoms with van der Waals surface area (Å²) in [6.45, 7) is 0. The van der Waals surface area contributed by atoms with E-state index in [-0.39, 0.29) is 0 Å². The summed E-state index contributed by atoms with van der Waals surface area (Å²) >= 11 is 0. The van der Waals surface area contributed by atoms with Gasteiger partial charge in [0.2, 0.25) is 0 Å². The van der Waals surface area contributed by atoms with Gasteiger partial charge in [0, 0.05) is 27.5 Å². The second-order valence-corrected chi connectivity index (χ2v) is 11.3. The maximum absolute atomic E-state index is 6.25. The molecule has 2 aromatic heterocycles. The van der Waals surface area contributed by atoms with Gasteiger partial charge in [-0.1, -0.05) is 115 Å². The van der Waals surface area contributed by atoms with Crippen LogP contribution in [0.5, 0.6) is 0 Å². The highest BCUT2D eigenvalue weighted by Gasteiger charge is 2.18. The van der Waals surface area contributed by atoms with E-state index in [2.05, 4.69) is 121 Å². The lowest BCUT2D eigenvalue weighted by Crippen LogP contribution is -2.01. The number of furan rings is 1. The average Bonchev–Trinajstić information content (AvgIpc) is 3.49. The summed E-state index contributed by atoms with van der Waals surface area (Å²) < 4.78 is 6.25. The molecule has 9 rings (SSSR count). The number of fused-ring (bicyclic) bond motifs is 5. The van der Waals surface area contributed by atoms with E-state index in [1.54, 1.807) is 0 Å². The lowest BCUT2D eigenvalue weighted by molar-refractivity contribution is 0.669. The molecule has 0 bridgehead atoms. The van der Waals surface area contributed by atoms with Crippen molar-refractivity contribution >= 4 is 43.5 Å². The SMILES string of the molecule is c1ccc(-c2cc3ccccc3cc2-c2nc(-c3ccc4ccccc4c3)nc(-c3ccc4c(c3)oc3ccccc34)n2)cc1. The van der Waals surface area contributed by atoms with Crippen LogP contribution in [0, 0.1) is 0 Å². The molecule has 0 radical (unpaired) electrons. The van der Waals surface area contributed by atoms with Crippen LogP contribution in [-0.2, 0) is 0 Å². The highest BCUT2D eigenvalue weighted by atomic mass is 16.3. The predicted octanol–water partition coefficient (Wildman–Crippen LogP) is 10.7. The molecule has 210 valence electrons. The minimum atomic E-state index is 0.595. The summed E-state index contributed by atoms with van der Waals surface area (Å²) in [5, 5.41) is 6.77. The molecule has 0 saturated carbocycles. The molecule has 0 fully saturated rings. The second kappa shape index (κ2) is 10.2. The first kappa shape index (κ1) is 25.4. The number of aromatic nitrogens is 3. The number of rotatable bonds is 4. The van der Waals surface area contributed by atoms with Gasteiger partial charge in [-0.3, -0.25) is 0 Å². The number of benzene rings is 7. The van der Waals surface area contributed by atoms with Crippen LogP contribution in [0.2, 0.25) is 0 Å². The standard InChI is InChI=1S/C41H25N3O/c1-2-11-27(12-3-1)35-23-29-14-6-7-15-30(29)24-36(35)41-43-39(31-19-18-26-10-4-5-13-28(26)22-31)42-40(44-41)32-20-21-34-33-16-8-9-17-37(33)45-38(34)25-32/h1-25H. The van der Waals surface area contributed by atoms with Gasteiger partial charge in [0.25, 0.3) is 0 Å². The Hall–Kier alpha value is -6.13. The van der Waals surface area contributed by atoms with Crippen molar-refractivity contribution < 1.29 is 4.42 Å². The quantitative estimate of drug-likeness (QED) is 0.209. The van der Waals surface area contributed by atoms with E-state index in [1.165, 1.54) is 10.8 Å². The van der Waals surface area contributed by atoms with Gasteiger partial charge in [-0.2, -0.15) is 0 Å². The molecule has 0 spiro atoms. The van der Waals surface area contributed by atoms with Crippen LogP contribution in [0.1, 0.15) is 0 Å². The zero-order valence-electron chi connectivity index (χ0n) is 24.2. The van der Waals surface area contributed by atoms with Crippen LogP contribution in [0.4, 0.5) is 0 Å². The average molecular weight is 576 g/mol. The van der Waals surface area contributed by atoms with Crippen molar-refractivity contribution in [2.24, 2.45) is 0 Å². The van der Waals surface area contributed by atoms with E-state index in [0.29, 0.717) is 17.5 Å². The van der Waals surface area contributed by atoms with Crippen molar-refractivity contribution in [3.63, 3.8) is 0 Å². The third-order valence-electron chi connectivity index (χ3n) is 8.49. The van der Waals surface area contributed by atoms with E-state index in [4.69, 9.17) is 19.4 Å². The topological polar surface area (TPSA) is 51.8 Å². The molecule has 0 saturated heterocycles. The summed E-state index contributed by atoms with van der Waals surface area (Å²) in [7, 11) is 0. The molecule has 9 aromatic rings. The molecule has 0 amide bonds. The van der Waals surface area contributed by atoms with E-state index in [9.17, 15) is 0 Å². The Morgan fingerprint density at radius 1 is 0.333 bits per heavy atom. The van der Waals surface area contributed by atoms with Gasteiger partial charge in [0.05, 0.1) is 0 Å². The molecule has 4 heteroatoms. The number of para-hydroxylation sites is 1. The summed E-state index contributed by atoms with van der Waals surface area (Å²) in [5.41, 5.74) is 6.61. The third kappa shape index (κ3) is 4.43. The zero-order chi connectivity index (χ0) is 29.7. The molecule has 0 N–H and O–H groups in total. The highest BCUT2D eigenvalue weighted by molar-refractivity contribution is 6.05. The van der Waals surface area contributed by atoms with Crippen LogP contribution in [0.3, 0.4) is 0 Å². The van der Waals surface area contributed by atoms with E-state index >= 15 is 0 Å². The Labute approximate surface area is 259 Å². The van der Waals surface area contributed by atoms with E-state index in [0.717, 1.165) is 60.5 Å². The van der Waals surface area contributed by atoms with Crippen LogP contribution >= 0.6 is 0 Å². The first-order valence-electron chi connectivity index (χ1n) is 15.0. The lowest BCUT2D eigenvalue weighted by atomic mass is 9.95. The van der Waals surface area contributed by atoms with E-state index in [1.807, 2.05) is 30.3 Å². The van der Waals surface area contributed by atoms with Crippen molar-refractivity contribution in [3.8, 4) is 45.3 Å². The molecule has 0 aliphatic heterocycles. The Bertz CT molecular complexity index is 2550. The Morgan fingerprint density at radius 3 is 1.67 bits per heavy atom. The molecule has 0 atom stereocenters. The van der Waals surface area contributed by atoms with Gasteiger partial charge in [-0.25, -0.2) is 15.0 Å². The fourth-order valence-electron chi connectivity index (χ4n) is 6.23.